The van der Waals surface area contributed by atoms with Gasteiger partial charge in [-0.3, -0.25) is 4.79 Å². The maximum Gasteiger partial charge on any atom is 0.309 e. The highest BCUT2D eigenvalue weighted by Crippen LogP contribution is 2.32. The molecule has 21 heavy (non-hydrogen) atoms. The first-order valence-electron chi connectivity index (χ1n) is 7.15. The number of ether oxygens (including phenoxy) is 1. The van der Waals surface area contributed by atoms with Crippen LogP contribution < -0.4 is 4.90 Å². The van der Waals surface area contributed by atoms with Gasteiger partial charge in [-0.2, -0.15) is 0 Å². The van der Waals surface area contributed by atoms with Crippen molar-refractivity contribution < 1.29 is 9.53 Å². The molecule has 0 radical (unpaired) electrons. The van der Waals surface area contributed by atoms with Crippen LogP contribution in [0.5, 0.6) is 0 Å². The first-order chi connectivity index (χ1) is 10.2. The van der Waals surface area contributed by atoms with Crippen LogP contribution in [-0.2, 0) is 9.53 Å². The van der Waals surface area contributed by atoms with E-state index in [1.165, 1.54) is 4.70 Å². The van der Waals surface area contributed by atoms with Crippen molar-refractivity contribution in [2.24, 2.45) is 5.92 Å². The van der Waals surface area contributed by atoms with E-state index < -0.39 is 0 Å². The summed E-state index contributed by atoms with van der Waals surface area (Å²) in [6.45, 7) is 4.05. The first kappa shape index (κ1) is 14.8. The molecule has 0 amide bonds. The summed E-state index contributed by atoms with van der Waals surface area (Å²) in [7, 11) is 0. The van der Waals surface area contributed by atoms with Crippen molar-refractivity contribution >= 4 is 48.6 Å². The third-order valence-corrected chi connectivity index (χ3v) is 5.31. The molecule has 1 aliphatic heterocycles. The second kappa shape index (κ2) is 6.32. The number of anilines is 1. The number of halogens is 1. The van der Waals surface area contributed by atoms with Crippen LogP contribution in [0.1, 0.15) is 19.8 Å². The lowest BCUT2D eigenvalue weighted by Gasteiger charge is -2.30. The number of aromatic nitrogens is 1. The van der Waals surface area contributed by atoms with Gasteiger partial charge >= 0.3 is 5.97 Å². The lowest BCUT2D eigenvalue weighted by Crippen LogP contribution is -2.36. The number of carbonyl (C=O) groups is 1. The highest BCUT2D eigenvalue weighted by Gasteiger charge is 2.27. The van der Waals surface area contributed by atoms with Crippen LogP contribution in [0.2, 0.25) is 0 Å². The van der Waals surface area contributed by atoms with E-state index in [9.17, 15) is 4.79 Å². The van der Waals surface area contributed by atoms with Crippen molar-refractivity contribution in [1.82, 2.24) is 4.98 Å². The largest absolute Gasteiger partial charge is 0.466 e. The number of nitrogens with zero attached hydrogens (tertiary/aromatic N) is 2. The molecule has 4 nitrogen and oxygen atoms in total. The zero-order chi connectivity index (χ0) is 14.8. The molecule has 0 saturated carbocycles. The molecule has 0 bridgehead atoms. The summed E-state index contributed by atoms with van der Waals surface area (Å²) in [6.07, 6.45) is 1.69. The van der Waals surface area contributed by atoms with Crippen molar-refractivity contribution in [2.45, 2.75) is 19.8 Å². The van der Waals surface area contributed by atoms with Crippen molar-refractivity contribution in [3.8, 4) is 0 Å². The Morgan fingerprint density at radius 3 is 2.95 bits per heavy atom. The highest BCUT2D eigenvalue weighted by atomic mass is 79.9. The van der Waals surface area contributed by atoms with Gasteiger partial charge in [-0.1, -0.05) is 27.3 Å². The maximum atomic E-state index is 11.8. The van der Waals surface area contributed by atoms with Gasteiger partial charge in [-0.05, 0) is 38.0 Å². The number of esters is 1. The molecule has 6 heteroatoms. The number of piperidine rings is 1. The molecule has 1 fully saturated rings. The molecule has 2 aromatic rings. The number of carbonyl (C=O) groups excluding carboxylic acids is 1. The zero-order valence-corrected chi connectivity index (χ0v) is 14.2. The smallest absolute Gasteiger partial charge is 0.309 e. The van der Waals surface area contributed by atoms with Crippen molar-refractivity contribution in [1.29, 1.82) is 0 Å². The average Bonchev–Trinajstić information content (AvgIpc) is 2.90. The standard InChI is InChI=1S/C15H17BrN2O2S/c1-2-20-14(19)10-5-7-18(8-6-10)15-17-12-9-11(16)3-4-13(12)21-15/h3-4,9-10H,2,5-8H2,1H3. The second-order valence-electron chi connectivity index (χ2n) is 5.12. The number of benzene rings is 1. The van der Waals surface area contributed by atoms with Crippen molar-refractivity contribution in [2.75, 3.05) is 24.6 Å². The van der Waals surface area contributed by atoms with Gasteiger partial charge in [0.1, 0.15) is 0 Å². The quantitative estimate of drug-likeness (QED) is 0.771. The lowest BCUT2D eigenvalue weighted by atomic mass is 9.97. The molecule has 3 rings (SSSR count). The summed E-state index contributed by atoms with van der Waals surface area (Å²) >= 11 is 5.19. The van der Waals surface area contributed by atoms with Gasteiger partial charge in [0.05, 0.1) is 22.7 Å². The molecule has 1 aliphatic rings. The van der Waals surface area contributed by atoms with Crippen LogP contribution in [0, 0.1) is 5.92 Å². The van der Waals surface area contributed by atoms with Gasteiger partial charge in [0.15, 0.2) is 5.13 Å². The Morgan fingerprint density at radius 1 is 1.48 bits per heavy atom. The first-order valence-corrected chi connectivity index (χ1v) is 8.76. The molecule has 0 atom stereocenters. The minimum absolute atomic E-state index is 0.0460. The topological polar surface area (TPSA) is 42.4 Å². The Balaban J connectivity index is 1.69. The predicted octanol–water partition coefficient (Wildman–Crippen LogP) is 3.84. The van der Waals surface area contributed by atoms with Crippen LogP contribution in [0.15, 0.2) is 22.7 Å². The molecule has 0 aliphatic carbocycles. The highest BCUT2D eigenvalue weighted by molar-refractivity contribution is 9.10. The summed E-state index contributed by atoms with van der Waals surface area (Å²) in [4.78, 5) is 18.7. The SMILES string of the molecule is CCOC(=O)C1CCN(c2nc3cc(Br)ccc3s2)CC1. The van der Waals surface area contributed by atoms with Gasteiger partial charge in [0.2, 0.25) is 0 Å². The van der Waals surface area contributed by atoms with Crippen LogP contribution in [0.3, 0.4) is 0 Å². The summed E-state index contributed by atoms with van der Waals surface area (Å²) in [5.74, 6) is -0.00453. The normalized spacial score (nSPS) is 16.4. The molecular formula is C15H17BrN2O2S. The number of hydrogen-bond donors (Lipinski definition) is 0. The summed E-state index contributed by atoms with van der Waals surface area (Å²) in [5, 5.41) is 1.05. The Morgan fingerprint density at radius 2 is 2.24 bits per heavy atom. The number of fused-ring (bicyclic) bond motifs is 1. The van der Waals surface area contributed by atoms with E-state index in [4.69, 9.17) is 9.72 Å². The third kappa shape index (κ3) is 3.21. The summed E-state index contributed by atoms with van der Waals surface area (Å²) < 4.78 is 7.35. The molecule has 0 spiro atoms. The molecule has 0 unspecified atom stereocenters. The van der Waals surface area contributed by atoms with E-state index in [1.54, 1.807) is 11.3 Å². The minimum atomic E-state index is -0.0506. The molecule has 0 N–H and O–H groups in total. The van der Waals surface area contributed by atoms with Gasteiger partial charge in [0.25, 0.3) is 0 Å². The van der Waals surface area contributed by atoms with Crippen LogP contribution in [0.4, 0.5) is 5.13 Å². The number of rotatable bonds is 3. The monoisotopic (exact) mass is 368 g/mol. The Bertz CT molecular complexity index is 650. The van der Waals surface area contributed by atoms with E-state index >= 15 is 0 Å². The Labute approximate surface area is 136 Å². The van der Waals surface area contributed by atoms with E-state index in [0.717, 1.165) is 41.1 Å². The van der Waals surface area contributed by atoms with E-state index in [-0.39, 0.29) is 11.9 Å². The third-order valence-electron chi connectivity index (χ3n) is 3.72. The van der Waals surface area contributed by atoms with Crippen LogP contribution in [-0.4, -0.2) is 30.6 Å². The fourth-order valence-electron chi connectivity index (χ4n) is 2.59. The molecular weight excluding hydrogens is 352 g/mol. The Kier molecular flexibility index (Phi) is 4.45. The Hall–Kier alpha value is -1.14. The molecule has 2 heterocycles. The van der Waals surface area contributed by atoms with E-state index in [2.05, 4.69) is 26.9 Å². The van der Waals surface area contributed by atoms with Crippen molar-refractivity contribution in [3.63, 3.8) is 0 Å². The molecule has 1 saturated heterocycles. The molecule has 1 aromatic heterocycles. The summed E-state index contributed by atoms with van der Waals surface area (Å²) in [6, 6.07) is 6.17. The van der Waals surface area contributed by atoms with Crippen LogP contribution >= 0.6 is 27.3 Å². The molecule has 1 aromatic carbocycles. The fraction of sp³-hybridized carbons (Fsp3) is 0.467. The van der Waals surface area contributed by atoms with Crippen molar-refractivity contribution in [3.05, 3.63) is 22.7 Å². The fourth-order valence-corrected chi connectivity index (χ4v) is 3.94. The summed E-state index contributed by atoms with van der Waals surface area (Å²) in [5.41, 5.74) is 1.02. The second-order valence-corrected chi connectivity index (χ2v) is 7.05. The number of hydrogen-bond acceptors (Lipinski definition) is 5. The predicted molar refractivity (Wildman–Crippen MR) is 88.9 cm³/mol. The number of thiazole rings is 1. The molecule has 112 valence electrons. The van der Waals surface area contributed by atoms with Gasteiger partial charge in [0, 0.05) is 17.6 Å². The minimum Gasteiger partial charge on any atom is -0.466 e. The lowest BCUT2D eigenvalue weighted by molar-refractivity contribution is -0.148. The van der Waals surface area contributed by atoms with Gasteiger partial charge in [-0.15, -0.1) is 0 Å². The van der Waals surface area contributed by atoms with Crippen LogP contribution in [0.25, 0.3) is 10.2 Å². The van der Waals surface area contributed by atoms with E-state index in [1.807, 2.05) is 19.1 Å². The van der Waals surface area contributed by atoms with Gasteiger partial charge < -0.3 is 9.64 Å². The van der Waals surface area contributed by atoms with Gasteiger partial charge in [-0.25, -0.2) is 4.98 Å². The van der Waals surface area contributed by atoms with E-state index in [0.29, 0.717) is 6.61 Å². The maximum absolute atomic E-state index is 11.8. The zero-order valence-electron chi connectivity index (χ0n) is 11.8. The average molecular weight is 369 g/mol.